The van der Waals surface area contributed by atoms with Crippen molar-refractivity contribution >= 4 is 5.78 Å². The molecule has 0 saturated heterocycles. The molecule has 0 aromatic heterocycles. The van der Waals surface area contributed by atoms with E-state index in [-0.39, 0.29) is 0 Å². The summed E-state index contributed by atoms with van der Waals surface area (Å²) in [5.41, 5.74) is 0.350. The molecule has 4 atom stereocenters. The summed E-state index contributed by atoms with van der Waals surface area (Å²) in [6, 6.07) is 0. The third-order valence-corrected chi connectivity index (χ3v) is 5.64. The van der Waals surface area contributed by atoms with E-state index < -0.39 is 0 Å². The normalized spacial score (nSPS) is 39.1. The predicted octanol–water partition coefficient (Wildman–Crippen LogP) is 4.60. The molecule has 2 saturated carbocycles. The van der Waals surface area contributed by atoms with Gasteiger partial charge in [0.2, 0.25) is 0 Å². The Kier molecular flexibility index (Phi) is 3.95. The van der Waals surface area contributed by atoms with E-state index in [0.29, 0.717) is 17.1 Å². The van der Waals surface area contributed by atoms with E-state index in [1.165, 1.54) is 38.5 Å². The van der Waals surface area contributed by atoms with Gasteiger partial charge in [-0.25, -0.2) is 0 Å². The van der Waals surface area contributed by atoms with Gasteiger partial charge in [-0.1, -0.05) is 40.0 Å². The van der Waals surface area contributed by atoms with Crippen LogP contribution < -0.4 is 0 Å². The molecule has 0 aliphatic heterocycles. The molecule has 1 heteroatoms. The smallest absolute Gasteiger partial charge is 0.136 e. The molecule has 1 nitrogen and oxygen atoms in total. The molecule has 0 aromatic carbocycles. The number of fused-ring (bicyclic) bond motifs is 1. The zero-order valence-corrected chi connectivity index (χ0v) is 11.8. The highest BCUT2D eigenvalue weighted by molar-refractivity contribution is 5.83. The molecule has 17 heavy (non-hydrogen) atoms. The molecular weight excluding hydrogens is 208 g/mol. The fourth-order valence-corrected chi connectivity index (χ4v) is 4.63. The van der Waals surface area contributed by atoms with Gasteiger partial charge in [0.05, 0.1) is 0 Å². The molecule has 0 amide bonds. The van der Waals surface area contributed by atoms with Crippen molar-refractivity contribution in [3.63, 3.8) is 0 Å². The van der Waals surface area contributed by atoms with E-state index in [4.69, 9.17) is 0 Å². The van der Waals surface area contributed by atoms with Crippen LogP contribution in [0, 0.1) is 23.2 Å². The van der Waals surface area contributed by atoms with Gasteiger partial charge in [-0.15, -0.1) is 0 Å². The van der Waals surface area contributed by atoms with Crippen LogP contribution >= 0.6 is 0 Å². The molecule has 98 valence electrons. The minimum absolute atomic E-state index is 0.350. The number of carbonyl (C=O) groups excluding carboxylic acids is 1. The monoisotopic (exact) mass is 236 g/mol. The van der Waals surface area contributed by atoms with Crippen LogP contribution in [0.1, 0.15) is 72.1 Å². The van der Waals surface area contributed by atoms with Crippen LogP contribution in [-0.4, -0.2) is 5.78 Å². The second-order valence-electron chi connectivity index (χ2n) is 6.68. The molecule has 2 rings (SSSR count). The third kappa shape index (κ3) is 2.30. The Hall–Kier alpha value is -0.330. The fourth-order valence-electron chi connectivity index (χ4n) is 4.63. The average molecular weight is 236 g/mol. The maximum absolute atomic E-state index is 12.1. The van der Waals surface area contributed by atoms with Crippen LogP contribution in [0.5, 0.6) is 0 Å². The van der Waals surface area contributed by atoms with Crippen molar-refractivity contribution in [2.24, 2.45) is 23.2 Å². The number of rotatable bonds is 4. The van der Waals surface area contributed by atoms with Crippen LogP contribution in [0.15, 0.2) is 0 Å². The zero-order valence-electron chi connectivity index (χ0n) is 11.8. The van der Waals surface area contributed by atoms with Crippen LogP contribution in [0.2, 0.25) is 0 Å². The predicted molar refractivity (Wildman–Crippen MR) is 71.9 cm³/mol. The SMILES string of the molecule is CCCC[C@H](C)C1CC[C@H]2C(=O)CCC[C@]12C. The van der Waals surface area contributed by atoms with Gasteiger partial charge in [0.1, 0.15) is 5.78 Å². The molecule has 2 aliphatic carbocycles. The summed E-state index contributed by atoms with van der Waals surface area (Å²) < 4.78 is 0. The summed E-state index contributed by atoms with van der Waals surface area (Å²) in [7, 11) is 0. The highest BCUT2D eigenvalue weighted by Crippen LogP contribution is 2.57. The Morgan fingerprint density at radius 3 is 2.88 bits per heavy atom. The van der Waals surface area contributed by atoms with Crippen molar-refractivity contribution in [1.82, 2.24) is 0 Å². The lowest BCUT2D eigenvalue weighted by Gasteiger charge is -2.42. The molecular formula is C16H28O. The van der Waals surface area contributed by atoms with Crippen LogP contribution in [0.25, 0.3) is 0 Å². The number of ketones is 1. The Morgan fingerprint density at radius 1 is 1.41 bits per heavy atom. The first-order valence-corrected chi connectivity index (χ1v) is 7.62. The summed E-state index contributed by atoms with van der Waals surface area (Å²) in [5.74, 6) is 2.61. The maximum atomic E-state index is 12.1. The van der Waals surface area contributed by atoms with Crippen molar-refractivity contribution in [3.8, 4) is 0 Å². The lowest BCUT2D eigenvalue weighted by molar-refractivity contribution is -0.130. The number of hydrogen-bond acceptors (Lipinski definition) is 1. The van der Waals surface area contributed by atoms with Gasteiger partial charge in [0.25, 0.3) is 0 Å². The van der Waals surface area contributed by atoms with Crippen LogP contribution in [0.3, 0.4) is 0 Å². The van der Waals surface area contributed by atoms with E-state index in [0.717, 1.165) is 24.7 Å². The van der Waals surface area contributed by atoms with Crippen molar-refractivity contribution in [2.45, 2.75) is 72.1 Å². The second kappa shape index (κ2) is 5.12. The summed E-state index contributed by atoms with van der Waals surface area (Å²) in [6.07, 6.45) is 9.79. The van der Waals surface area contributed by atoms with Gasteiger partial charge in [0, 0.05) is 12.3 Å². The molecule has 0 N–H and O–H groups in total. The third-order valence-electron chi connectivity index (χ3n) is 5.64. The average Bonchev–Trinajstić information content (AvgIpc) is 2.64. The van der Waals surface area contributed by atoms with Crippen molar-refractivity contribution < 1.29 is 4.79 Å². The first-order chi connectivity index (χ1) is 8.09. The Labute approximate surface area is 106 Å². The molecule has 2 aliphatic rings. The first-order valence-electron chi connectivity index (χ1n) is 7.62. The van der Waals surface area contributed by atoms with Crippen molar-refractivity contribution in [1.29, 1.82) is 0 Å². The highest BCUT2D eigenvalue weighted by Gasteiger charge is 2.52. The summed E-state index contributed by atoms with van der Waals surface area (Å²) >= 11 is 0. The van der Waals surface area contributed by atoms with Crippen molar-refractivity contribution in [2.75, 3.05) is 0 Å². The zero-order chi connectivity index (χ0) is 12.5. The number of hydrogen-bond donors (Lipinski definition) is 0. The standard InChI is InChI=1S/C16H28O/c1-4-5-7-12(2)13-9-10-14-15(17)8-6-11-16(13,14)3/h12-14H,4-11H2,1-3H3/t12-,13?,14-,16+/m0/s1. The Morgan fingerprint density at radius 2 is 2.18 bits per heavy atom. The van der Waals surface area contributed by atoms with Gasteiger partial charge in [0.15, 0.2) is 0 Å². The summed E-state index contributed by atoms with van der Waals surface area (Å²) in [6.45, 7) is 7.11. The van der Waals surface area contributed by atoms with Crippen molar-refractivity contribution in [3.05, 3.63) is 0 Å². The van der Waals surface area contributed by atoms with E-state index in [1.807, 2.05) is 0 Å². The van der Waals surface area contributed by atoms with Gasteiger partial charge in [-0.2, -0.15) is 0 Å². The van der Waals surface area contributed by atoms with Gasteiger partial charge < -0.3 is 0 Å². The Bertz CT molecular complexity index is 283. The molecule has 0 radical (unpaired) electrons. The van der Waals surface area contributed by atoms with Crippen LogP contribution in [-0.2, 0) is 4.79 Å². The topological polar surface area (TPSA) is 17.1 Å². The molecule has 0 heterocycles. The molecule has 2 fully saturated rings. The van der Waals surface area contributed by atoms with E-state index in [1.54, 1.807) is 0 Å². The van der Waals surface area contributed by atoms with E-state index in [9.17, 15) is 4.79 Å². The molecule has 0 aromatic rings. The lowest BCUT2D eigenvalue weighted by Crippen LogP contribution is -2.39. The quantitative estimate of drug-likeness (QED) is 0.697. The van der Waals surface area contributed by atoms with Crippen LogP contribution in [0.4, 0.5) is 0 Å². The lowest BCUT2D eigenvalue weighted by atomic mass is 9.62. The molecule has 0 bridgehead atoms. The number of unbranched alkanes of at least 4 members (excludes halogenated alkanes) is 1. The number of Topliss-reactive ketones (excluding diaryl/α,β-unsaturated/α-hetero) is 1. The summed E-state index contributed by atoms with van der Waals surface area (Å²) in [4.78, 5) is 12.1. The van der Waals surface area contributed by atoms with Gasteiger partial charge in [-0.3, -0.25) is 4.79 Å². The molecule has 0 spiro atoms. The fraction of sp³-hybridized carbons (Fsp3) is 0.938. The highest BCUT2D eigenvalue weighted by atomic mass is 16.1. The second-order valence-corrected chi connectivity index (χ2v) is 6.68. The first kappa shape index (κ1) is 13.1. The number of carbonyl (C=O) groups is 1. The molecule has 1 unspecified atom stereocenters. The van der Waals surface area contributed by atoms with E-state index >= 15 is 0 Å². The minimum Gasteiger partial charge on any atom is -0.299 e. The maximum Gasteiger partial charge on any atom is 0.136 e. The van der Waals surface area contributed by atoms with Gasteiger partial charge in [-0.05, 0) is 42.9 Å². The minimum atomic E-state index is 0.350. The Balaban J connectivity index is 2.07. The largest absolute Gasteiger partial charge is 0.299 e. The summed E-state index contributed by atoms with van der Waals surface area (Å²) in [5, 5.41) is 0. The van der Waals surface area contributed by atoms with Gasteiger partial charge >= 0.3 is 0 Å². The van der Waals surface area contributed by atoms with E-state index in [2.05, 4.69) is 20.8 Å².